The molecule has 0 spiro atoms. The molecule has 0 aliphatic rings. The number of alkyl halides is 3. The largest absolute Gasteiger partial charge is 0.497 e. The van der Waals surface area contributed by atoms with Crippen molar-refractivity contribution >= 4 is 11.9 Å². The van der Waals surface area contributed by atoms with Gasteiger partial charge in [-0.25, -0.2) is 4.98 Å². The van der Waals surface area contributed by atoms with E-state index in [9.17, 15) is 18.0 Å². The number of halogens is 3. The molecular weight excluding hydrogens is 513 g/mol. The summed E-state index contributed by atoms with van der Waals surface area (Å²) in [5.74, 6) is -1.12. The molecule has 0 aliphatic carbocycles. The lowest BCUT2D eigenvalue weighted by molar-refractivity contribution is -0.198. The van der Waals surface area contributed by atoms with Crippen LogP contribution in [0.2, 0.25) is 0 Å². The Morgan fingerprint density at radius 3 is 2.23 bits per heavy atom. The van der Waals surface area contributed by atoms with Crippen molar-refractivity contribution in [2.75, 3.05) is 12.8 Å². The number of nitrogens with zero attached hydrogens (tertiary/aromatic N) is 2. The van der Waals surface area contributed by atoms with Gasteiger partial charge in [-0.3, -0.25) is 4.79 Å². The summed E-state index contributed by atoms with van der Waals surface area (Å²) in [5, 5.41) is 8.98. The van der Waals surface area contributed by atoms with Gasteiger partial charge in [-0.05, 0) is 35.2 Å². The van der Waals surface area contributed by atoms with Crippen LogP contribution < -0.4 is 20.9 Å². The standard InChI is InChI=1S/C28H25F3N4O4/c1-38-21-4-2-3-20(14-21)17-9-11-19(12-10-17)25(28(29,30)31)39-24-15-23(34-27(33)35-24)18-7-5-16(6-8-18)13-22(32)26(36)37/h2-12,14-15,22,25H,13,32H2,1H3,(H,36,37)(H2,33,34,35)/t22?,25-/m0/s1. The van der Waals surface area contributed by atoms with Crippen molar-refractivity contribution in [2.24, 2.45) is 5.73 Å². The average Bonchev–Trinajstić information content (AvgIpc) is 2.91. The summed E-state index contributed by atoms with van der Waals surface area (Å²) in [7, 11) is 1.53. The van der Waals surface area contributed by atoms with Gasteiger partial charge in [0.05, 0.1) is 12.8 Å². The third-order valence-corrected chi connectivity index (χ3v) is 5.89. The second-order valence-corrected chi connectivity index (χ2v) is 8.69. The molecule has 4 aromatic rings. The number of carboxylic acid groups (broad SMARTS) is 1. The first-order valence-electron chi connectivity index (χ1n) is 11.7. The fourth-order valence-corrected chi connectivity index (χ4v) is 3.90. The lowest BCUT2D eigenvalue weighted by Gasteiger charge is -2.22. The molecule has 8 nitrogen and oxygen atoms in total. The van der Waals surface area contributed by atoms with Crippen LogP contribution in [0.4, 0.5) is 19.1 Å². The molecule has 11 heteroatoms. The van der Waals surface area contributed by atoms with Crippen LogP contribution in [0.1, 0.15) is 17.2 Å². The molecule has 0 aliphatic heterocycles. The highest BCUT2D eigenvalue weighted by Gasteiger charge is 2.43. The minimum Gasteiger partial charge on any atom is -0.497 e. The third kappa shape index (κ3) is 6.82. The molecule has 4 rings (SSSR count). The van der Waals surface area contributed by atoms with Crippen LogP contribution in [0.15, 0.2) is 78.9 Å². The number of aromatic nitrogens is 2. The molecule has 0 saturated carbocycles. The molecule has 202 valence electrons. The molecule has 1 aromatic heterocycles. The zero-order valence-electron chi connectivity index (χ0n) is 20.7. The summed E-state index contributed by atoms with van der Waals surface area (Å²) < 4.78 is 52.8. The van der Waals surface area contributed by atoms with Gasteiger partial charge in [-0.15, -0.1) is 0 Å². The maximum absolute atomic E-state index is 14.1. The molecule has 0 amide bonds. The number of ether oxygens (including phenoxy) is 2. The summed E-state index contributed by atoms with van der Waals surface area (Å²) in [4.78, 5) is 18.9. The Morgan fingerprint density at radius 2 is 1.62 bits per heavy atom. The molecule has 1 heterocycles. The van der Waals surface area contributed by atoms with Gasteiger partial charge in [0.15, 0.2) is 0 Å². The summed E-state index contributed by atoms with van der Waals surface area (Å²) in [6.07, 6.45) is -6.94. The fourth-order valence-electron chi connectivity index (χ4n) is 3.90. The Kier molecular flexibility index (Phi) is 8.01. The summed E-state index contributed by atoms with van der Waals surface area (Å²) in [6.45, 7) is 0. The molecule has 5 N–H and O–H groups in total. The number of carboxylic acids is 1. The number of aliphatic carboxylic acids is 1. The van der Waals surface area contributed by atoms with Gasteiger partial charge in [0, 0.05) is 17.2 Å². The van der Waals surface area contributed by atoms with Gasteiger partial charge in [0.2, 0.25) is 17.9 Å². The molecule has 39 heavy (non-hydrogen) atoms. The Morgan fingerprint density at radius 1 is 0.949 bits per heavy atom. The number of rotatable bonds is 9. The lowest BCUT2D eigenvalue weighted by Crippen LogP contribution is -2.32. The van der Waals surface area contributed by atoms with E-state index in [4.69, 9.17) is 26.0 Å². The first-order valence-corrected chi connectivity index (χ1v) is 11.7. The van der Waals surface area contributed by atoms with E-state index < -0.39 is 24.3 Å². The summed E-state index contributed by atoms with van der Waals surface area (Å²) in [6, 6.07) is 19.8. The maximum Gasteiger partial charge on any atom is 0.429 e. The van der Waals surface area contributed by atoms with Crippen molar-refractivity contribution in [1.29, 1.82) is 0 Å². The molecule has 0 bridgehead atoms. The molecule has 0 saturated heterocycles. The predicted octanol–water partition coefficient (Wildman–Crippen LogP) is 5.04. The second kappa shape index (κ2) is 11.4. The topological polar surface area (TPSA) is 134 Å². The van der Waals surface area contributed by atoms with Crippen LogP contribution in [0.3, 0.4) is 0 Å². The summed E-state index contributed by atoms with van der Waals surface area (Å²) in [5.41, 5.74) is 14.2. The fraction of sp³-hybridized carbons (Fsp3) is 0.179. The van der Waals surface area contributed by atoms with Crippen molar-refractivity contribution < 1.29 is 32.5 Å². The molecule has 0 radical (unpaired) electrons. The monoisotopic (exact) mass is 538 g/mol. The molecule has 0 fully saturated rings. The van der Waals surface area contributed by atoms with Gasteiger partial charge in [0.1, 0.15) is 11.8 Å². The van der Waals surface area contributed by atoms with Crippen LogP contribution in [0.5, 0.6) is 11.6 Å². The zero-order chi connectivity index (χ0) is 28.2. The Hall–Kier alpha value is -4.64. The van der Waals surface area contributed by atoms with Gasteiger partial charge in [-0.1, -0.05) is 60.7 Å². The van der Waals surface area contributed by atoms with Gasteiger partial charge in [0.25, 0.3) is 0 Å². The molecule has 3 aromatic carbocycles. The Bertz CT molecular complexity index is 1440. The summed E-state index contributed by atoms with van der Waals surface area (Å²) >= 11 is 0. The average molecular weight is 539 g/mol. The van der Waals surface area contributed by atoms with E-state index in [0.717, 1.165) is 5.56 Å². The zero-order valence-corrected chi connectivity index (χ0v) is 20.7. The third-order valence-electron chi connectivity index (χ3n) is 5.89. The quantitative estimate of drug-likeness (QED) is 0.270. The van der Waals surface area contributed by atoms with E-state index in [-0.39, 0.29) is 29.5 Å². The number of benzene rings is 3. The van der Waals surface area contributed by atoms with Crippen LogP contribution >= 0.6 is 0 Å². The normalized spacial score (nSPS) is 12.9. The van der Waals surface area contributed by atoms with Gasteiger partial charge in [-0.2, -0.15) is 18.2 Å². The van der Waals surface area contributed by atoms with Crippen LogP contribution in [0, 0.1) is 0 Å². The number of hydrogen-bond donors (Lipinski definition) is 3. The number of nitrogen functional groups attached to an aromatic ring is 1. The second-order valence-electron chi connectivity index (χ2n) is 8.69. The van der Waals surface area contributed by atoms with Crippen molar-refractivity contribution in [3.05, 3.63) is 90.0 Å². The van der Waals surface area contributed by atoms with Crippen molar-refractivity contribution in [3.8, 4) is 34.0 Å². The van der Waals surface area contributed by atoms with Crippen molar-refractivity contribution in [2.45, 2.75) is 24.7 Å². The molecular formula is C28H25F3N4O4. The van der Waals surface area contributed by atoms with Crippen molar-refractivity contribution in [3.63, 3.8) is 0 Å². The van der Waals surface area contributed by atoms with E-state index in [1.807, 2.05) is 6.07 Å². The van der Waals surface area contributed by atoms with E-state index in [1.54, 1.807) is 54.6 Å². The van der Waals surface area contributed by atoms with Crippen LogP contribution in [-0.4, -0.2) is 40.4 Å². The maximum atomic E-state index is 14.1. The number of carbonyl (C=O) groups is 1. The van der Waals surface area contributed by atoms with E-state index in [2.05, 4.69) is 9.97 Å². The highest BCUT2D eigenvalue weighted by molar-refractivity contribution is 5.73. The van der Waals surface area contributed by atoms with Gasteiger partial charge >= 0.3 is 12.1 Å². The number of hydrogen-bond acceptors (Lipinski definition) is 7. The first-order chi connectivity index (χ1) is 18.5. The SMILES string of the molecule is COc1cccc(-c2ccc([C@H](Oc3cc(-c4ccc(CC(N)C(=O)O)cc4)nc(N)n3)C(F)(F)F)cc2)c1. The minimum absolute atomic E-state index is 0.111. The highest BCUT2D eigenvalue weighted by atomic mass is 19.4. The van der Waals surface area contributed by atoms with E-state index in [1.165, 1.54) is 25.3 Å². The van der Waals surface area contributed by atoms with E-state index in [0.29, 0.717) is 22.4 Å². The van der Waals surface area contributed by atoms with Crippen molar-refractivity contribution in [1.82, 2.24) is 9.97 Å². The van der Waals surface area contributed by atoms with Gasteiger partial charge < -0.3 is 26.0 Å². The predicted molar refractivity (Wildman–Crippen MR) is 139 cm³/mol. The lowest BCUT2D eigenvalue weighted by atomic mass is 10.0. The number of nitrogens with two attached hydrogens (primary N) is 2. The highest BCUT2D eigenvalue weighted by Crippen LogP contribution is 2.38. The number of methoxy groups -OCH3 is 1. The van der Waals surface area contributed by atoms with Crippen LogP contribution in [-0.2, 0) is 11.2 Å². The minimum atomic E-state index is -4.75. The Balaban J connectivity index is 1.58. The Labute approximate surface area is 222 Å². The molecule has 2 atom stereocenters. The number of anilines is 1. The first kappa shape index (κ1) is 27.4. The van der Waals surface area contributed by atoms with Crippen LogP contribution in [0.25, 0.3) is 22.4 Å². The van der Waals surface area contributed by atoms with E-state index >= 15 is 0 Å². The molecule has 1 unspecified atom stereocenters. The smallest absolute Gasteiger partial charge is 0.429 e.